The molecule has 0 aromatic rings. The molecular formula is C12H18N2O2S. The Morgan fingerprint density at radius 2 is 2.12 bits per heavy atom. The standard InChI is InChI=1S/C12H18N2O2S/c1-8-11(5-13)9(2)14(17)10(3)12(8)6-16-7-15-4/h9,17H,6-7H2,1-4H3. The number of methoxy groups -OCH3 is 1. The number of hydrogen-bond acceptors (Lipinski definition) is 5. The van der Waals surface area contributed by atoms with Crippen LogP contribution in [0.15, 0.2) is 22.4 Å². The Kier molecular flexibility index (Phi) is 5.06. The topological polar surface area (TPSA) is 45.5 Å². The third kappa shape index (κ3) is 2.83. The average Bonchev–Trinajstić information content (AvgIpc) is 2.32. The molecule has 0 aromatic carbocycles. The summed E-state index contributed by atoms with van der Waals surface area (Å²) >= 11 is 4.41. The minimum Gasteiger partial charge on any atom is -0.359 e. The van der Waals surface area contributed by atoms with Gasteiger partial charge in [-0.15, -0.1) is 0 Å². The van der Waals surface area contributed by atoms with Crippen LogP contribution in [0.3, 0.4) is 0 Å². The fraction of sp³-hybridized carbons (Fsp3) is 0.583. The number of ether oxygens (including phenoxy) is 2. The normalized spacial score (nSPS) is 20.9. The summed E-state index contributed by atoms with van der Waals surface area (Å²) in [5.41, 5.74) is 3.75. The van der Waals surface area contributed by atoms with Crippen molar-refractivity contribution in [1.82, 2.24) is 4.31 Å². The number of nitriles is 1. The molecule has 0 saturated heterocycles. The molecule has 17 heavy (non-hydrogen) atoms. The first kappa shape index (κ1) is 14.1. The van der Waals surface area contributed by atoms with Crippen molar-refractivity contribution < 1.29 is 9.47 Å². The predicted octanol–water partition coefficient (Wildman–Crippen LogP) is 2.27. The molecule has 0 radical (unpaired) electrons. The third-order valence-electron chi connectivity index (χ3n) is 2.99. The van der Waals surface area contributed by atoms with Crippen molar-refractivity contribution in [1.29, 1.82) is 5.26 Å². The molecule has 1 atom stereocenters. The molecule has 1 heterocycles. The maximum absolute atomic E-state index is 9.17. The van der Waals surface area contributed by atoms with E-state index in [2.05, 4.69) is 18.9 Å². The van der Waals surface area contributed by atoms with E-state index in [1.807, 2.05) is 20.8 Å². The summed E-state index contributed by atoms with van der Waals surface area (Å²) < 4.78 is 12.0. The van der Waals surface area contributed by atoms with Gasteiger partial charge in [0, 0.05) is 18.4 Å². The number of rotatable bonds is 4. The van der Waals surface area contributed by atoms with Gasteiger partial charge in [-0.25, -0.2) is 0 Å². The highest BCUT2D eigenvalue weighted by Gasteiger charge is 2.26. The zero-order valence-corrected chi connectivity index (χ0v) is 11.5. The van der Waals surface area contributed by atoms with Gasteiger partial charge in [-0.05, 0) is 26.3 Å². The highest BCUT2D eigenvalue weighted by atomic mass is 32.1. The molecule has 0 aromatic heterocycles. The maximum atomic E-state index is 9.17. The van der Waals surface area contributed by atoms with Crippen LogP contribution in [0.4, 0.5) is 0 Å². The molecule has 0 fully saturated rings. The van der Waals surface area contributed by atoms with Crippen LogP contribution in [-0.4, -0.2) is 30.9 Å². The van der Waals surface area contributed by atoms with Crippen LogP contribution in [0, 0.1) is 11.3 Å². The molecule has 5 heteroatoms. The highest BCUT2D eigenvalue weighted by Crippen LogP contribution is 2.32. The van der Waals surface area contributed by atoms with Crippen molar-refractivity contribution in [3.8, 4) is 6.07 Å². The largest absolute Gasteiger partial charge is 0.359 e. The van der Waals surface area contributed by atoms with Crippen LogP contribution in [0.2, 0.25) is 0 Å². The van der Waals surface area contributed by atoms with Gasteiger partial charge in [0.1, 0.15) is 6.79 Å². The van der Waals surface area contributed by atoms with Crippen molar-refractivity contribution in [2.75, 3.05) is 20.5 Å². The molecule has 1 unspecified atom stereocenters. The van der Waals surface area contributed by atoms with Crippen LogP contribution >= 0.6 is 12.8 Å². The SMILES string of the molecule is COCOCC1=C(C)N(S)C(C)C(C#N)=C1C. The lowest BCUT2D eigenvalue weighted by Crippen LogP contribution is -2.31. The van der Waals surface area contributed by atoms with E-state index in [-0.39, 0.29) is 12.8 Å². The number of nitrogens with zero attached hydrogens (tertiary/aromatic N) is 2. The van der Waals surface area contributed by atoms with Crippen LogP contribution in [0.25, 0.3) is 0 Å². The van der Waals surface area contributed by atoms with Gasteiger partial charge >= 0.3 is 0 Å². The van der Waals surface area contributed by atoms with Crippen molar-refractivity contribution in [2.45, 2.75) is 26.8 Å². The van der Waals surface area contributed by atoms with E-state index in [0.717, 1.165) is 22.4 Å². The van der Waals surface area contributed by atoms with Gasteiger partial charge in [-0.3, -0.25) is 0 Å². The van der Waals surface area contributed by atoms with Gasteiger partial charge in [0.2, 0.25) is 0 Å². The summed E-state index contributed by atoms with van der Waals surface area (Å²) in [6, 6.07) is 2.24. The van der Waals surface area contributed by atoms with Crippen LogP contribution in [0.1, 0.15) is 20.8 Å². The average molecular weight is 254 g/mol. The molecule has 0 bridgehead atoms. The molecule has 1 rings (SSSR count). The van der Waals surface area contributed by atoms with E-state index in [1.165, 1.54) is 0 Å². The number of thiol groups is 1. The second-order valence-corrected chi connectivity index (χ2v) is 4.42. The summed E-state index contributed by atoms with van der Waals surface area (Å²) in [4.78, 5) is 0. The zero-order valence-electron chi connectivity index (χ0n) is 10.6. The lowest BCUT2D eigenvalue weighted by molar-refractivity contribution is -0.0212. The minimum atomic E-state index is -0.00508. The quantitative estimate of drug-likeness (QED) is 0.475. The van der Waals surface area contributed by atoms with Crippen LogP contribution in [-0.2, 0) is 9.47 Å². The second-order valence-electron chi connectivity index (χ2n) is 3.99. The lowest BCUT2D eigenvalue weighted by Gasteiger charge is -2.33. The molecular weight excluding hydrogens is 236 g/mol. The van der Waals surface area contributed by atoms with E-state index in [1.54, 1.807) is 11.4 Å². The fourth-order valence-electron chi connectivity index (χ4n) is 1.92. The Morgan fingerprint density at radius 1 is 1.47 bits per heavy atom. The van der Waals surface area contributed by atoms with E-state index < -0.39 is 0 Å². The van der Waals surface area contributed by atoms with Crippen molar-refractivity contribution in [2.24, 2.45) is 0 Å². The van der Waals surface area contributed by atoms with Crippen LogP contribution < -0.4 is 0 Å². The first-order valence-corrected chi connectivity index (χ1v) is 5.80. The summed E-state index contributed by atoms with van der Waals surface area (Å²) in [7, 11) is 1.58. The molecule has 1 aliphatic heterocycles. The highest BCUT2D eigenvalue weighted by molar-refractivity contribution is 7.77. The molecule has 0 N–H and O–H groups in total. The second kappa shape index (κ2) is 6.10. The van der Waals surface area contributed by atoms with E-state index in [4.69, 9.17) is 14.7 Å². The van der Waals surface area contributed by atoms with Gasteiger partial charge < -0.3 is 13.8 Å². The lowest BCUT2D eigenvalue weighted by atomic mass is 9.93. The van der Waals surface area contributed by atoms with Crippen molar-refractivity contribution >= 4 is 12.8 Å². The Balaban J connectivity index is 3.00. The van der Waals surface area contributed by atoms with Crippen molar-refractivity contribution in [3.63, 3.8) is 0 Å². The summed E-state index contributed by atoms with van der Waals surface area (Å²) in [5, 5.41) is 9.17. The predicted molar refractivity (Wildman–Crippen MR) is 69.1 cm³/mol. The minimum absolute atomic E-state index is 0.00508. The maximum Gasteiger partial charge on any atom is 0.146 e. The Hall–Kier alpha value is -0.960. The fourth-order valence-corrected chi connectivity index (χ4v) is 2.15. The van der Waals surface area contributed by atoms with E-state index in [9.17, 15) is 0 Å². The zero-order chi connectivity index (χ0) is 13.0. The molecule has 4 nitrogen and oxygen atoms in total. The Labute approximate surface area is 108 Å². The van der Waals surface area contributed by atoms with Gasteiger partial charge in [-0.2, -0.15) is 5.26 Å². The smallest absolute Gasteiger partial charge is 0.146 e. The first-order valence-electron chi connectivity index (χ1n) is 5.40. The summed E-state index contributed by atoms with van der Waals surface area (Å²) in [6.45, 7) is 6.57. The number of hydrogen-bond donors (Lipinski definition) is 1. The third-order valence-corrected chi connectivity index (χ3v) is 3.64. The first-order chi connectivity index (χ1) is 8.04. The van der Waals surface area contributed by atoms with E-state index in [0.29, 0.717) is 6.61 Å². The molecule has 0 spiro atoms. The van der Waals surface area contributed by atoms with Crippen LogP contribution in [0.5, 0.6) is 0 Å². The Morgan fingerprint density at radius 3 is 2.65 bits per heavy atom. The van der Waals surface area contributed by atoms with Gasteiger partial charge in [0.15, 0.2) is 0 Å². The van der Waals surface area contributed by atoms with Gasteiger partial charge in [-0.1, -0.05) is 12.8 Å². The molecule has 94 valence electrons. The number of allylic oxidation sites excluding steroid dienone is 1. The molecule has 0 saturated carbocycles. The van der Waals surface area contributed by atoms with E-state index >= 15 is 0 Å². The molecule has 0 amide bonds. The monoisotopic (exact) mass is 254 g/mol. The summed E-state index contributed by atoms with van der Waals surface area (Å²) in [5.74, 6) is 0. The van der Waals surface area contributed by atoms with Crippen molar-refractivity contribution in [3.05, 3.63) is 22.4 Å². The Bertz CT molecular complexity index is 396. The molecule has 1 aliphatic rings. The summed E-state index contributed by atoms with van der Waals surface area (Å²) in [6.07, 6.45) is 0. The van der Waals surface area contributed by atoms with Gasteiger partial charge in [0.05, 0.1) is 24.3 Å². The van der Waals surface area contributed by atoms with Gasteiger partial charge in [0.25, 0.3) is 0 Å². The molecule has 0 aliphatic carbocycles.